The molecule has 0 atom stereocenters. The number of rotatable bonds is 8. The third kappa shape index (κ3) is 5.53. The first kappa shape index (κ1) is 26.8. The second-order valence-corrected chi connectivity index (χ2v) is 9.51. The molecule has 0 amide bonds. The first-order chi connectivity index (χ1) is 18.7. The molecule has 2 heterocycles. The number of aromatic nitrogens is 1. The Labute approximate surface area is 221 Å². The first-order valence-electron chi connectivity index (χ1n) is 12.3. The maximum Gasteiger partial charge on any atom is 0.416 e. The number of benzene rings is 3. The SMILES string of the molecule is OCc1nc2cc(O)ccc2c(-c2ccc(OCCN3CC(CF)C3)cc2)c1-c1ccc(C(F)(F)F)cc1F. The fourth-order valence-corrected chi connectivity index (χ4v) is 4.87. The van der Waals surface area contributed by atoms with E-state index in [9.17, 15) is 27.8 Å². The molecule has 0 radical (unpaired) electrons. The van der Waals surface area contributed by atoms with Gasteiger partial charge in [0.1, 0.15) is 23.9 Å². The molecule has 1 fully saturated rings. The molecule has 10 heteroatoms. The summed E-state index contributed by atoms with van der Waals surface area (Å²) in [4.78, 5) is 6.47. The zero-order valence-electron chi connectivity index (χ0n) is 20.7. The predicted molar refractivity (Wildman–Crippen MR) is 137 cm³/mol. The summed E-state index contributed by atoms with van der Waals surface area (Å²) in [6.45, 7) is 1.55. The molecule has 4 aromatic rings. The molecule has 1 saturated heterocycles. The molecule has 1 aliphatic rings. The van der Waals surface area contributed by atoms with Gasteiger partial charge in [0.25, 0.3) is 0 Å². The minimum absolute atomic E-state index is 0.0446. The van der Waals surface area contributed by atoms with Gasteiger partial charge < -0.3 is 14.9 Å². The molecule has 0 aliphatic carbocycles. The molecule has 3 aromatic carbocycles. The number of aliphatic hydroxyl groups is 1. The van der Waals surface area contributed by atoms with Crippen LogP contribution in [0.25, 0.3) is 33.2 Å². The fraction of sp³-hybridized carbons (Fsp3) is 0.276. The van der Waals surface area contributed by atoms with Crippen LogP contribution in [0.5, 0.6) is 11.5 Å². The topological polar surface area (TPSA) is 65.8 Å². The third-order valence-corrected chi connectivity index (χ3v) is 6.83. The molecular weight excluding hydrogens is 519 g/mol. The number of aliphatic hydroxyl groups excluding tert-OH is 1. The molecule has 5 rings (SSSR count). The van der Waals surface area contributed by atoms with Crippen molar-refractivity contribution in [3.05, 3.63) is 77.7 Å². The van der Waals surface area contributed by atoms with Crippen molar-refractivity contribution in [2.75, 3.05) is 32.9 Å². The summed E-state index contributed by atoms with van der Waals surface area (Å²) in [6, 6.07) is 13.5. The maximum atomic E-state index is 15.2. The zero-order valence-corrected chi connectivity index (χ0v) is 20.7. The standard InChI is InChI=1S/C29H25F5N2O3/c30-13-17-14-36(15-17)9-10-39-21-5-1-18(2-6-21)27-23-8-4-20(38)12-25(23)35-26(16-37)28(27)22-7-3-19(11-24(22)31)29(32,33)34/h1-8,11-12,17,37-38H,9-10,13-16H2. The number of aromatic hydroxyl groups is 1. The third-order valence-electron chi connectivity index (χ3n) is 6.83. The Morgan fingerprint density at radius 1 is 0.974 bits per heavy atom. The van der Waals surface area contributed by atoms with E-state index >= 15 is 4.39 Å². The van der Waals surface area contributed by atoms with Crippen LogP contribution in [0.1, 0.15) is 11.3 Å². The van der Waals surface area contributed by atoms with Crippen molar-refractivity contribution in [3.63, 3.8) is 0 Å². The van der Waals surface area contributed by atoms with Crippen molar-refractivity contribution in [1.82, 2.24) is 9.88 Å². The van der Waals surface area contributed by atoms with Crippen LogP contribution in [0.2, 0.25) is 0 Å². The number of fused-ring (bicyclic) bond motifs is 1. The summed E-state index contributed by atoms with van der Waals surface area (Å²) in [5, 5.41) is 20.6. The summed E-state index contributed by atoms with van der Waals surface area (Å²) in [6.07, 6.45) is -4.72. The molecule has 0 unspecified atom stereocenters. The monoisotopic (exact) mass is 544 g/mol. The summed E-state index contributed by atoms with van der Waals surface area (Å²) in [7, 11) is 0. The van der Waals surface area contributed by atoms with E-state index in [0.29, 0.717) is 60.1 Å². The van der Waals surface area contributed by atoms with Crippen molar-refractivity contribution >= 4 is 10.9 Å². The van der Waals surface area contributed by atoms with Gasteiger partial charge in [-0.05, 0) is 42.0 Å². The highest BCUT2D eigenvalue weighted by molar-refractivity contribution is 6.03. The van der Waals surface area contributed by atoms with Gasteiger partial charge in [0.05, 0.1) is 30.1 Å². The van der Waals surface area contributed by atoms with Gasteiger partial charge in [-0.3, -0.25) is 9.29 Å². The van der Waals surface area contributed by atoms with Crippen molar-refractivity contribution in [2.24, 2.45) is 5.92 Å². The number of ether oxygens (including phenoxy) is 1. The molecule has 1 aliphatic heterocycles. The van der Waals surface area contributed by atoms with Crippen LogP contribution in [0.3, 0.4) is 0 Å². The Morgan fingerprint density at radius 2 is 1.72 bits per heavy atom. The number of nitrogens with zero attached hydrogens (tertiary/aromatic N) is 2. The van der Waals surface area contributed by atoms with E-state index < -0.39 is 24.2 Å². The highest BCUT2D eigenvalue weighted by Crippen LogP contribution is 2.42. The number of phenols is 1. The molecule has 39 heavy (non-hydrogen) atoms. The zero-order chi connectivity index (χ0) is 27.7. The van der Waals surface area contributed by atoms with E-state index in [1.54, 1.807) is 30.3 Å². The molecule has 2 N–H and O–H groups in total. The smallest absolute Gasteiger partial charge is 0.416 e. The van der Waals surface area contributed by atoms with Crippen LogP contribution in [0.4, 0.5) is 22.0 Å². The van der Waals surface area contributed by atoms with Crippen molar-refractivity contribution in [1.29, 1.82) is 0 Å². The minimum atomic E-state index is -4.72. The number of phenolic OH excluding ortho intramolecular Hbond substituents is 1. The number of halogens is 5. The predicted octanol–water partition coefficient (Wildman–Crippen LogP) is 6.20. The summed E-state index contributed by atoms with van der Waals surface area (Å²) >= 11 is 0. The van der Waals surface area contributed by atoms with Gasteiger partial charge in [0, 0.05) is 53.7 Å². The molecule has 0 saturated carbocycles. The van der Waals surface area contributed by atoms with Crippen molar-refractivity contribution in [2.45, 2.75) is 12.8 Å². The molecule has 0 bridgehead atoms. The van der Waals surface area contributed by atoms with Crippen LogP contribution in [-0.4, -0.2) is 53.0 Å². The van der Waals surface area contributed by atoms with Crippen LogP contribution >= 0.6 is 0 Å². The molecule has 204 valence electrons. The largest absolute Gasteiger partial charge is 0.508 e. The van der Waals surface area contributed by atoms with Crippen LogP contribution < -0.4 is 4.74 Å². The van der Waals surface area contributed by atoms with E-state index in [4.69, 9.17) is 4.74 Å². The molecule has 1 aromatic heterocycles. The average Bonchev–Trinajstić information content (AvgIpc) is 2.88. The maximum absolute atomic E-state index is 15.2. The Balaban J connectivity index is 1.54. The second kappa shape index (κ2) is 10.8. The van der Waals surface area contributed by atoms with Gasteiger partial charge in [0.15, 0.2) is 0 Å². The van der Waals surface area contributed by atoms with Gasteiger partial charge in [0.2, 0.25) is 0 Å². The van der Waals surface area contributed by atoms with Gasteiger partial charge in [-0.25, -0.2) is 9.37 Å². The summed E-state index contributed by atoms with van der Waals surface area (Å²) < 4.78 is 73.2. The number of hydrogen-bond acceptors (Lipinski definition) is 5. The average molecular weight is 545 g/mol. The van der Waals surface area contributed by atoms with Crippen molar-refractivity contribution < 1.29 is 36.9 Å². The second-order valence-electron chi connectivity index (χ2n) is 9.51. The van der Waals surface area contributed by atoms with E-state index in [1.807, 2.05) is 0 Å². The number of hydrogen-bond donors (Lipinski definition) is 2. The molecule has 0 spiro atoms. The Kier molecular flexibility index (Phi) is 7.42. The van der Waals surface area contributed by atoms with Crippen LogP contribution in [0, 0.1) is 11.7 Å². The Bertz CT molecular complexity index is 1490. The van der Waals surface area contributed by atoms with E-state index in [1.165, 1.54) is 12.1 Å². The van der Waals surface area contributed by atoms with Crippen LogP contribution in [0.15, 0.2) is 60.7 Å². The fourth-order valence-electron chi connectivity index (χ4n) is 4.87. The number of likely N-dealkylation sites (tertiary alicyclic amines) is 1. The number of pyridine rings is 1. The highest BCUT2D eigenvalue weighted by Gasteiger charge is 2.32. The lowest BCUT2D eigenvalue weighted by atomic mass is 9.89. The highest BCUT2D eigenvalue weighted by atomic mass is 19.4. The summed E-state index contributed by atoms with van der Waals surface area (Å²) in [5.74, 6) is -0.514. The van der Waals surface area contributed by atoms with E-state index in [0.717, 1.165) is 12.1 Å². The quantitative estimate of drug-likeness (QED) is 0.259. The van der Waals surface area contributed by atoms with Crippen LogP contribution in [-0.2, 0) is 12.8 Å². The lowest BCUT2D eigenvalue weighted by Crippen LogP contribution is -2.49. The Hall–Kier alpha value is -3.76. The number of alkyl halides is 4. The lowest BCUT2D eigenvalue weighted by Gasteiger charge is -2.37. The lowest BCUT2D eigenvalue weighted by molar-refractivity contribution is -0.137. The van der Waals surface area contributed by atoms with E-state index in [-0.39, 0.29) is 35.2 Å². The van der Waals surface area contributed by atoms with Gasteiger partial charge in [-0.1, -0.05) is 18.2 Å². The van der Waals surface area contributed by atoms with Gasteiger partial charge in [-0.15, -0.1) is 0 Å². The first-order valence-corrected chi connectivity index (χ1v) is 12.3. The van der Waals surface area contributed by atoms with E-state index in [2.05, 4.69) is 9.88 Å². The Morgan fingerprint density at radius 3 is 2.36 bits per heavy atom. The molecular formula is C29H25F5N2O3. The minimum Gasteiger partial charge on any atom is -0.508 e. The van der Waals surface area contributed by atoms with Gasteiger partial charge >= 0.3 is 6.18 Å². The normalized spacial score (nSPS) is 14.5. The summed E-state index contributed by atoms with van der Waals surface area (Å²) in [5.41, 5.74) is 0.260. The van der Waals surface area contributed by atoms with Gasteiger partial charge in [-0.2, -0.15) is 13.2 Å². The van der Waals surface area contributed by atoms with Crippen molar-refractivity contribution in [3.8, 4) is 33.8 Å². The molecule has 5 nitrogen and oxygen atoms in total.